The van der Waals surface area contributed by atoms with Crippen molar-refractivity contribution in [1.29, 1.82) is 0 Å². The van der Waals surface area contributed by atoms with Gasteiger partial charge < -0.3 is 15.4 Å². The molecule has 0 unspecified atom stereocenters. The van der Waals surface area contributed by atoms with Crippen molar-refractivity contribution in [2.24, 2.45) is 5.92 Å². The van der Waals surface area contributed by atoms with Crippen LogP contribution in [-0.2, 0) is 11.2 Å². The number of hydrogen-bond donors (Lipinski definition) is 2. The van der Waals surface area contributed by atoms with E-state index in [1.807, 2.05) is 28.8 Å². The third kappa shape index (κ3) is 4.92. The van der Waals surface area contributed by atoms with Crippen LogP contribution in [0.3, 0.4) is 0 Å². The molecule has 7 nitrogen and oxygen atoms in total. The van der Waals surface area contributed by atoms with Gasteiger partial charge in [0.15, 0.2) is 5.65 Å². The molecule has 2 aromatic heterocycles. The Hall–Kier alpha value is -2.15. The van der Waals surface area contributed by atoms with Gasteiger partial charge in [0.2, 0.25) is 0 Å². The number of ether oxygens (including phenoxy) is 1. The van der Waals surface area contributed by atoms with Crippen LogP contribution < -0.4 is 10.6 Å². The Morgan fingerprint density at radius 2 is 2.08 bits per heavy atom. The molecule has 2 atom stereocenters. The second kappa shape index (κ2) is 8.80. The van der Waals surface area contributed by atoms with E-state index in [2.05, 4.69) is 27.8 Å². The Morgan fingerprint density at radius 3 is 2.96 bits per heavy atom. The van der Waals surface area contributed by atoms with E-state index < -0.39 is 0 Å². The molecule has 0 saturated heterocycles. The number of carbonyl (C=O) groups is 1. The Morgan fingerprint density at radius 1 is 1.24 bits per heavy atom. The van der Waals surface area contributed by atoms with Crippen LogP contribution in [0.15, 0.2) is 24.4 Å². The fraction of sp³-hybridized carbons (Fsp3) is 0.611. The van der Waals surface area contributed by atoms with Gasteiger partial charge in [-0.1, -0.05) is 25.8 Å². The second-order valence-electron chi connectivity index (χ2n) is 6.65. The first-order valence-electron chi connectivity index (χ1n) is 9.16. The molecule has 7 heteroatoms. The number of carbonyl (C=O) groups excluding carboxylic acids is 1. The molecule has 2 heterocycles. The highest BCUT2D eigenvalue weighted by molar-refractivity contribution is 5.73. The Labute approximate surface area is 148 Å². The molecule has 136 valence electrons. The summed E-state index contributed by atoms with van der Waals surface area (Å²) in [4.78, 5) is 11.8. The summed E-state index contributed by atoms with van der Waals surface area (Å²) < 4.78 is 7.82. The van der Waals surface area contributed by atoms with E-state index in [0.717, 1.165) is 17.9 Å². The smallest absolute Gasteiger partial charge is 0.314 e. The summed E-state index contributed by atoms with van der Waals surface area (Å²) in [5.74, 6) is 1.46. The van der Waals surface area contributed by atoms with E-state index in [1.54, 1.807) is 0 Å². The van der Waals surface area contributed by atoms with Crippen molar-refractivity contribution >= 4 is 11.7 Å². The first-order chi connectivity index (χ1) is 12.2. The van der Waals surface area contributed by atoms with E-state index in [-0.39, 0.29) is 6.03 Å². The summed E-state index contributed by atoms with van der Waals surface area (Å²) in [6, 6.07) is 5.60. The van der Waals surface area contributed by atoms with Gasteiger partial charge in [0.1, 0.15) is 5.82 Å². The fourth-order valence-electron chi connectivity index (χ4n) is 3.32. The number of nitrogens with one attached hydrogen (secondary N) is 2. The number of nitrogens with zero attached hydrogens (tertiary/aromatic N) is 3. The molecule has 2 aromatic rings. The topological polar surface area (TPSA) is 80.5 Å². The lowest BCUT2D eigenvalue weighted by Crippen LogP contribution is -2.39. The molecule has 1 saturated carbocycles. The van der Waals surface area contributed by atoms with E-state index >= 15 is 0 Å². The highest BCUT2D eigenvalue weighted by Gasteiger charge is 2.21. The zero-order chi connectivity index (χ0) is 17.5. The van der Waals surface area contributed by atoms with E-state index in [9.17, 15) is 4.79 Å². The van der Waals surface area contributed by atoms with Gasteiger partial charge in [-0.3, -0.25) is 4.40 Å². The van der Waals surface area contributed by atoms with Crippen molar-refractivity contribution < 1.29 is 9.53 Å². The molecule has 2 N–H and O–H groups in total. The predicted octanol–water partition coefficient (Wildman–Crippen LogP) is 2.17. The van der Waals surface area contributed by atoms with Crippen molar-refractivity contribution in [2.75, 3.05) is 19.7 Å². The van der Waals surface area contributed by atoms with Gasteiger partial charge in [-0.25, -0.2) is 4.79 Å². The molecule has 25 heavy (non-hydrogen) atoms. The van der Waals surface area contributed by atoms with Gasteiger partial charge >= 0.3 is 6.03 Å². The fourth-order valence-corrected chi connectivity index (χ4v) is 3.32. The van der Waals surface area contributed by atoms with Gasteiger partial charge in [0.25, 0.3) is 0 Å². The normalized spacial score (nSPS) is 20.5. The summed E-state index contributed by atoms with van der Waals surface area (Å²) in [6.07, 6.45) is 7.85. The summed E-state index contributed by atoms with van der Waals surface area (Å²) in [6.45, 7) is 3.86. The maximum Gasteiger partial charge on any atom is 0.314 e. The van der Waals surface area contributed by atoms with Crippen molar-refractivity contribution in [1.82, 2.24) is 25.2 Å². The Kier molecular flexibility index (Phi) is 6.22. The molecular formula is C18H27N5O2. The third-order valence-corrected chi connectivity index (χ3v) is 4.77. The minimum Gasteiger partial charge on any atom is -0.376 e. The predicted molar refractivity (Wildman–Crippen MR) is 95.5 cm³/mol. The minimum absolute atomic E-state index is 0.172. The average molecular weight is 345 g/mol. The van der Waals surface area contributed by atoms with Gasteiger partial charge in [-0.15, -0.1) is 10.2 Å². The monoisotopic (exact) mass is 345 g/mol. The molecule has 0 radical (unpaired) electrons. The molecule has 1 aliphatic carbocycles. The van der Waals surface area contributed by atoms with Crippen LogP contribution >= 0.6 is 0 Å². The molecule has 3 rings (SSSR count). The van der Waals surface area contributed by atoms with Crippen LogP contribution in [0, 0.1) is 5.92 Å². The molecule has 0 spiro atoms. The molecule has 0 aliphatic heterocycles. The Balaban J connectivity index is 1.30. The molecule has 2 amide bonds. The number of rotatable bonds is 7. The summed E-state index contributed by atoms with van der Waals surface area (Å²) in [5.41, 5.74) is 0.816. The van der Waals surface area contributed by atoms with Crippen molar-refractivity contribution in [2.45, 2.75) is 45.1 Å². The molecule has 1 aliphatic rings. The lowest BCUT2D eigenvalue weighted by molar-refractivity contribution is -0.00242. The lowest BCUT2D eigenvalue weighted by Gasteiger charge is -2.28. The molecule has 0 aromatic carbocycles. The van der Waals surface area contributed by atoms with Gasteiger partial charge in [0.05, 0.1) is 12.7 Å². The standard InChI is InChI=1S/C18H27N5O2/c1-14-6-2-3-7-15(14)25-13-11-20-18(24)19-10-9-17-22-21-16-8-4-5-12-23(16)17/h4-5,8,12,14-15H,2-3,6-7,9-11,13H2,1H3,(H2,19,20,24)/t14-,15-/m1/s1. The van der Waals surface area contributed by atoms with Crippen LogP contribution in [0.2, 0.25) is 0 Å². The zero-order valence-electron chi connectivity index (χ0n) is 14.8. The number of pyridine rings is 1. The average Bonchev–Trinajstić information content (AvgIpc) is 3.03. The van der Waals surface area contributed by atoms with E-state index in [0.29, 0.717) is 38.1 Å². The number of amides is 2. The Bertz CT molecular complexity index is 687. The van der Waals surface area contributed by atoms with Gasteiger partial charge in [-0.05, 0) is 30.9 Å². The summed E-state index contributed by atoms with van der Waals surface area (Å²) in [7, 11) is 0. The number of fused-ring (bicyclic) bond motifs is 1. The van der Waals surface area contributed by atoms with Crippen LogP contribution in [0.4, 0.5) is 4.79 Å². The van der Waals surface area contributed by atoms with Crippen LogP contribution in [0.1, 0.15) is 38.4 Å². The molecule has 0 bridgehead atoms. The quantitative estimate of drug-likeness (QED) is 0.754. The maximum absolute atomic E-state index is 11.8. The zero-order valence-corrected chi connectivity index (χ0v) is 14.8. The number of aromatic nitrogens is 3. The maximum atomic E-state index is 11.8. The van der Waals surface area contributed by atoms with Crippen LogP contribution in [0.5, 0.6) is 0 Å². The summed E-state index contributed by atoms with van der Waals surface area (Å²) in [5, 5.41) is 13.9. The van der Waals surface area contributed by atoms with E-state index in [4.69, 9.17) is 4.74 Å². The van der Waals surface area contributed by atoms with Crippen molar-refractivity contribution in [3.8, 4) is 0 Å². The first-order valence-corrected chi connectivity index (χ1v) is 9.16. The largest absolute Gasteiger partial charge is 0.376 e. The van der Waals surface area contributed by atoms with E-state index in [1.165, 1.54) is 19.3 Å². The highest BCUT2D eigenvalue weighted by Crippen LogP contribution is 2.25. The van der Waals surface area contributed by atoms with Crippen LogP contribution in [-0.4, -0.2) is 46.4 Å². The summed E-state index contributed by atoms with van der Waals surface area (Å²) >= 11 is 0. The third-order valence-electron chi connectivity index (χ3n) is 4.77. The number of urea groups is 1. The lowest BCUT2D eigenvalue weighted by atomic mass is 9.88. The molecular weight excluding hydrogens is 318 g/mol. The van der Waals surface area contributed by atoms with Crippen molar-refractivity contribution in [3.63, 3.8) is 0 Å². The minimum atomic E-state index is -0.172. The van der Waals surface area contributed by atoms with Gasteiger partial charge in [0, 0.05) is 25.7 Å². The number of hydrogen-bond acceptors (Lipinski definition) is 4. The van der Waals surface area contributed by atoms with Gasteiger partial charge in [-0.2, -0.15) is 0 Å². The second-order valence-corrected chi connectivity index (χ2v) is 6.65. The van der Waals surface area contributed by atoms with Crippen LogP contribution in [0.25, 0.3) is 5.65 Å². The molecule has 1 fully saturated rings. The van der Waals surface area contributed by atoms with Crippen molar-refractivity contribution in [3.05, 3.63) is 30.2 Å². The SMILES string of the molecule is C[C@@H]1CCCC[C@H]1OCCNC(=O)NCCc1nnc2ccccn12. The first kappa shape index (κ1) is 17.7. The highest BCUT2D eigenvalue weighted by atomic mass is 16.5.